The molecule has 2 aromatic rings. The van der Waals surface area contributed by atoms with Gasteiger partial charge in [-0.15, -0.1) is 0 Å². The van der Waals surface area contributed by atoms with Crippen molar-refractivity contribution in [1.29, 1.82) is 0 Å². The minimum atomic E-state index is -0.531. The number of rotatable bonds is 3. The monoisotopic (exact) mass is 390 g/mol. The number of nitrogens with zero attached hydrogens (tertiary/aromatic N) is 1. The van der Waals surface area contributed by atoms with E-state index in [9.17, 15) is 9.18 Å². The molecule has 1 heterocycles. The van der Waals surface area contributed by atoms with Crippen molar-refractivity contribution in [2.24, 2.45) is 0 Å². The lowest BCUT2D eigenvalue weighted by Crippen LogP contribution is -2.23. The maximum atomic E-state index is 13.8. The van der Waals surface area contributed by atoms with Crippen molar-refractivity contribution in [3.05, 3.63) is 58.3 Å². The molecule has 0 unspecified atom stereocenters. The normalized spacial score (nSPS) is 15.0. The molecule has 24 heavy (non-hydrogen) atoms. The molecule has 1 fully saturated rings. The van der Waals surface area contributed by atoms with Gasteiger partial charge in [0.1, 0.15) is 5.82 Å². The van der Waals surface area contributed by atoms with Crippen LogP contribution in [0.4, 0.5) is 15.8 Å². The Balaban J connectivity index is 1.69. The van der Waals surface area contributed by atoms with E-state index in [0.717, 1.165) is 13.1 Å². The van der Waals surface area contributed by atoms with E-state index in [0.29, 0.717) is 10.2 Å². The first-order chi connectivity index (χ1) is 11.6. The smallest absolute Gasteiger partial charge is 0.258 e. The molecule has 0 saturated carbocycles. The lowest BCUT2D eigenvalue weighted by atomic mass is 10.2. The van der Waals surface area contributed by atoms with E-state index in [1.807, 2.05) is 24.3 Å². The van der Waals surface area contributed by atoms with Gasteiger partial charge in [-0.2, -0.15) is 0 Å². The van der Waals surface area contributed by atoms with E-state index < -0.39 is 11.7 Å². The molecule has 0 bridgehead atoms. The Hall–Kier alpha value is -1.88. The second-order valence-corrected chi connectivity index (χ2v) is 6.94. The van der Waals surface area contributed by atoms with Crippen LogP contribution in [0, 0.1) is 5.82 Å². The number of nitrogens with one attached hydrogen (secondary N) is 1. The van der Waals surface area contributed by atoms with Gasteiger partial charge in [0.05, 0.1) is 5.56 Å². The zero-order valence-electron chi connectivity index (χ0n) is 13.4. The second kappa shape index (κ2) is 7.79. The van der Waals surface area contributed by atoms with Crippen LogP contribution in [0.25, 0.3) is 0 Å². The van der Waals surface area contributed by atoms with Gasteiger partial charge in [-0.3, -0.25) is 4.79 Å². The molecule has 5 heteroatoms. The highest BCUT2D eigenvalue weighted by molar-refractivity contribution is 9.10. The molecule has 0 aliphatic carbocycles. The Morgan fingerprint density at radius 3 is 2.33 bits per heavy atom. The van der Waals surface area contributed by atoms with E-state index in [1.165, 1.54) is 43.5 Å². The van der Waals surface area contributed by atoms with Gasteiger partial charge in [-0.05, 0) is 55.3 Å². The molecule has 1 aliphatic rings. The number of hydrogen-bond donors (Lipinski definition) is 1. The van der Waals surface area contributed by atoms with Crippen molar-refractivity contribution in [3.8, 4) is 0 Å². The lowest BCUT2D eigenvalue weighted by Gasteiger charge is -2.22. The van der Waals surface area contributed by atoms with Gasteiger partial charge in [-0.25, -0.2) is 4.39 Å². The number of halogens is 2. The van der Waals surface area contributed by atoms with E-state index >= 15 is 0 Å². The highest BCUT2D eigenvalue weighted by Crippen LogP contribution is 2.22. The quantitative estimate of drug-likeness (QED) is 0.778. The summed E-state index contributed by atoms with van der Waals surface area (Å²) < 4.78 is 14.5. The molecule has 1 saturated heterocycles. The second-order valence-electron chi connectivity index (χ2n) is 6.03. The molecule has 126 valence electrons. The van der Waals surface area contributed by atoms with Crippen LogP contribution in [0.5, 0.6) is 0 Å². The van der Waals surface area contributed by atoms with Gasteiger partial charge in [0.2, 0.25) is 0 Å². The van der Waals surface area contributed by atoms with Gasteiger partial charge in [0.25, 0.3) is 5.91 Å². The SMILES string of the molecule is O=C(Nc1ccc(N2CCCCCC2)cc1)c1cc(Br)ccc1F. The minimum Gasteiger partial charge on any atom is -0.372 e. The van der Waals surface area contributed by atoms with Crippen molar-refractivity contribution >= 4 is 33.2 Å². The summed E-state index contributed by atoms with van der Waals surface area (Å²) in [6, 6.07) is 12.1. The Morgan fingerprint density at radius 1 is 1.00 bits per heavy atom. The number of carbonyl (C=O) groups is 1. The van der Waals surface area contributed by atoms with Crippen LogP contribution in [0.2, 0.25) is 0 Å². The molecule has 3 rings (SSSR count). The standard InChI is InChI=1S/C19H20BrFN2O/c20-14-5-10-18(21)17(13-14)19(24)22-15-6-8-16(9-7-15)23-11-3-1-2-4-12-23/h5-10,13H,1-4,11-12H2,(H,22,24). The molecule has 0 aromatic heterocycles. The Labute approximate surface area is 150 Å². The number of benzene rings is 2. The summed E-state index contributed by atoms with van der Waals surface area (Å²) in [4.78, 5) is 14.6. The van der Waals surface area contributed by atoms with Crippen LogP contribution >= 0.6 is 15.9 Å². The fourth-order valence-electron chi connectivity index (χ4n) is 2.95. The first kappa shape index (κ1) is 17.0. The number of hydrogen-bond acceptors (Lipinski definition) is 2. The van der Waals surface area contributed by atoms with Gasteiger partial charge in [0.15, 0.2) is 0 Å². The molecule has 0 radical (unpaired) electrons. The van der Waals surface area contributed by atoms with Gasteiger partial charge < -0.3 is 10.2 Å². The largest absolute Gasteiger partial charge is 0.372 e. The summed E-state index contributed by atoms with van der Waals surface area (Å²) in [5.41, 5.74) is 1.86. The van der Waals surface area contributed by atoms with Crippen molar-refractivity contribution in [2.45, 2.75) is 25.7 Å². The summed E-state index contributed by atoms with van der Waals surface area (Å²) in [5, 5.41) is 2.75. The zero-order chi connectivity index (χ0) is 16.9. The summed E-state index contributed by atoms with van der Waals surface area (Å²) in [6.07, 6.45) is 5.03. The van der Waals surface area contributed by atoms with E-state index in [1.54, 1.807) is 6.07 Å². The number of carbonyl (C=O) groups excluding carboxylic acids is 1. The molecule has 1 N–H and O–H groups in total. The summed E-state index contributed by atoms with van der Waals surface area (Å²) in [5.74, 6) is -0.979. The molecule has 3 nitrogen and oxygen atoms in total. The van der Waals surface area contributed by atoms with Crippen LogP contribution in [0.1, 0.15) is 36.0 Å². The predicted octanol–water partition coefficient (Wildman–Crippen LogP) is 5.22. The molecular weight excluding hydrogens is 371 g/mol. The molecule has 0 atom stereocenters. The predicted molar refractivity (Wildman–Crippen MR) is 99.2 cm³/mol. The fourth-order valence-corrected chi connectivity index (χ4v) is 3.32. The molecule has 1 amide bonds. The molecule has 2 aromatic carbocycles. The molecule has 0 spiro atoms. The maximum Gasteiger partial charge on any atom is 0.258 e. The number of anilines is 2. The lowest BCUT2D eigenvalue weighted by molar-refractivity contribution is 0.102. The number of amides is 1. The van der Waals surface area contributed by atoms with Crippen molar-refractivity contribution in [2.75, 3.05) is 23.3 Å². The third kappa shape index (κ3) is 4.15. The highest BCUT2D eigenvalue weighted by Gasteiger charge is 2.13. The Bertz CT molecular complexity index is 710. The van der Waals surface area contributed by atoms with E-state index in [4.69, 9.17) is 0 Å². The van der Waals surface area contributed by atoms with Gasteiger partial charge >= 0.3 is 0 Å². The molecule has 1 aliphatic heterocycles. The maximum absolute atomic E-state index is 13.8. The third-order valence-corrected chi connectivity index (χ3v) is 4.76. The van der Waals surface area contributed by atoms with Crippen molar-refractivity contribution in [1.82, 2.24) is 0 Å². The van der Waals surface area contributed by atoms with Gasteiger partial charge in [-0.1, -0.05) is 28.8 Å². The van der Waals surface area contributed by atoms with Crippen molar-refractivity contribution < 1.29 is 9.18 Å². The summed E-state index contributed by atoms with van der Waals surface area (Å²) >= 11 is 3.26. The average Bonchev–Trinajstić information content (AvgIpc) is 2.87. The molecular formula is C19H20BrFN2O. The van der Waals surface area contributed by atoms with Crippen LogP contribution in [-0.4, -0.2) is 19.0 Å². The third-order valence-electron chi connectivity index (χ3n) is 4.27. The Kier molecular flexibility index (Phi) is 5.51. The van der Waals surface area contributed by atoms with Crippen LogP contribution in [-0.2, 0) is 0 Å². The summed E-state index contributed by atoms with van der Waals surface area (Å²) in [6.45, 7) is 2.16. The topological polar surface area (TPSA) is 32.3 Å². The minimum absolute atomic E-state index is 0.0287. The highest BCUT2D eigenvalue weighted by atomic mass is 79.9. The van der Waals surface area contributed by atoms with Crippen LogP contribution in [0.15, 0.2) is 46.9 Å². The van der Waals surface area contributed by atoms with E-state index in [-0.39, 0.29) is 5.56 Å². The van der Waals surface area contributed by atoms with Gasteiger partial charge in [0, 0.05) is 28.9 Å². The Morgan fingerprint density at radius 2 is 1.67 bits per heavy atom. The van der Waals surface area contributed by atoms with E-state index in [2.05, 4.69) is 26.1 Å². The fraction of sp³-hybridized carbons (Fsp3) is 0.316. The average molecular weight is 391 g/mol. The summed E-state index contributed by atoms with van der Waals surface area (Å²) in [7, 11) is 0. The first-order valence-electron chi connectivity index (χ1n) is 8.25. The van der Waals surface area contributed by atoms with Crippen molar-refractivity contribution in [3.63, 3.8) is 0 Å². The van der Waals surface area contributed by atoms with Crippen LogP contribution in [0.3, 0.4) is 0 Å². The zero-order valence-corrected chi connectivity index (χ0v) is 15.0. The first-order valence-corrected chi connectivity index (χ1v) is 9.04. The van der Waals surface area contributed by atoms with Crippen LogP contribution < -0.4 is 10.2 Å².